The highest BCUT2D eigenvalue weighted by molar-refractivity contribution is 5.77. The molecule has 0 aliphatic heterocycles. The van der Waals surface area contributed by atoms with Gasteiger partial charge in [0.1, 0.15) is 12.4 Å². The summed E-state index contributed by atoms with van der Waals surface area (Å²) in [5.74, 6) is 0.235. The molecule has 18 heavy (non-hydrogen) atoms. The van der Waals surface area contributed by atoms with Crippen molar-refractivity contribution < 1.29 is 23.4 Å². The normalized spacial score (nSPS) is 12.3. The minimum absolute atomic E-state index is 0.155. The molecule has 4 nitrogen and oxygen atoms in total. The molecule has 0 atom stereocenters. The number of aliphatic hydroxyl groups is 2. The second-order valence-corrected chi connectivity index (χ2v) is 3.76. The Morgan fingerprint density at radius 3 is 2.50 bits per heavy atom. The zero-order chi connectivity index (χ0) is 13.3. The predicted octanol–water partition coefficient (Wildman–Crippen LogP) is 1.54. The van der Waals surface area contributed by atoms with Crippen LogP contribution >= 0.6 is 0 Å². The van der Waals surface area contributed by atoms with E-state index in [0.29, 0.717) is 5.52 Å². The summed E-state index contributed by atoms with van der Waals surface area (Å²) in [6, 6.07) is 3.18. The first kappa shape index (κ1) is 12.8. The number of imidazole rings is 1. The molecule has 0 amide bonds. The van der Waals surface area contributed by atoms with Gasteiger partial charge in [-0.05, 0) is 18.2 Å². The highest BCUT2D eigenvalue weighted by Crippen LogP contribution is 2.31. The topological polar surface area (TPSA) is 58.3 Å². The van der Waals surface area contributed by atoms with Gasteiger partial charge in [0.05, 0.1) is 23.2 Å². The van der Waals surface area contributed by atoms with Crippen molar-refractivity contribution in [1.82, 2.24) is 9.55 Å². The van der Waals surface area contributed by atoms with Crippen molar-refractivity contribution in [2.45, 2.75) is 19.3 Å². The number of fused-ring (bicyclic) bond motifs is 1. The van der Waals surface area contributed by atoms with E-state index in [1.807, 2.05) is 0 Å². The fourth-order valence-corrected chi connectivity index (χ4v) is 1.83. The second kappa shape index (κ2) is 4.58. The minimum Gasteiger partial charge on any atom is -0.395 e. The average molecular weight is 260 g/mol. The van der Waals surface area contributed by atoms with Gasteiger partial charge in [0.15, 0.2) is 0 Å². The fourth-order valence-electron chi connectivity index (χ4n) is 1.83. The first-order valence-electron chi connectivity index (χ1n) is 5.25. The predicted molar refractivity (Wildman–Crippen MR) is 57.7 cm³/mol. The van der Waals surface area contributed by atoms with Crippen molar-refractivity contribution in [3.8, 4) is 0 Å². The lowest BCUT2D eigenvalue weighted by Gasteiger charge is -2.07. The molecule has 98 valence electrons. The van der Waals surface area contributed by atoms with Crippen molar-refractivity contribution in [3.63, 3.8) is 0 Å². The molecule has 0 fully saturated rings. The van der Waals surface area contributed by atoms with E-state index in [1.54, 1.807) is 0 Å². The molecule has 0 aliphatic rings. The van der Waals surface area contributed by atoms with E-state index in [-0.39, 0.29) is 24.5 Å². The Morgan fingerprint density at radius 1 is 1.22 bits per heavy atom. The molecule has 1 heterocycles. The molecule has 0 unspecified atom stereocenters. The molecule has 0 radical (unpaired) electrons. The summed E-state index contributed by atoms with van der Waals surface area (Å²) in [4.78, 5) is 3.93. The largest absolute Gasteiger partial charge is 0.416 e. The number of hydrogen-bond acceptors (Lipinski definition) is 3. The summed E-state index contributed by atoms with van der Waals surface area (Å²) in [5, 5.41) is 18.0. The Kier molecular flexibility index (Phi) is 3.27. The highest BCUT2D eigenvalue weighted by atomic mass is 19.4. The van der Waals surface area contributed by atoms with Crippen LogP contribution in [0.4, 0.5) is 13.2 Å². The van der Waals surface area contributed by atoms with Gasteiger partial charge in [0.2, 0.25) is 0 Å². The Labute approximate surface area is 100 Å². The summed E-state index contributed by atoms with van der Waals surface area (Å²) in [7, 11) is 0. The Balaban J connectivity index is 2.59. The molecule has 0 aliphatic carbocycles. The summed E-state index contributed by atoms with van der Waals surface area (Å²) in [6.07, 6.45) is -4.42. The Morgan fingerprint density at radius 2 is 1.94 bits per heavy atom. The van der Waals surface area contributed by atoms with E-state index in [2.05, 4.69) is 4.98 Å². The highest BCUT2D eigenvalue weighted by Gasteiger charge is 2.31. The number of aromatic nitrogens is 2. The second-order valence-electron chi connectivity index (χ2n) is 3.76. The third-order valence-corrected chi connectivity index (χ3v) is 2.62. The Hall–Kier alpha value is -1.60. The maximum Gasteiger partial charge on any atom is 0.416 e. The van der Waals surface area contributed by atoms with Gasteiger partial charge < -0.3 is 14.8 Å². The van der Waals surface area contributed by atoms with E-state index in [0.717, 1.165) is 12.1 Å². The zero-order valence-corrected chi connectivity index (χ0v) is 9.28. The van der Waals surface area contributed by atoms with E-state index in [4.69, 9.17) is 10.2 Å². The molecule has 0 saturated carbocycles. The van der Waals surface area contributed by atoms with Crippen LogP contribution in [0.2, 0.25) is 0 Å². The van der Waals surface area contributed by atoms with Crippen LogP contribution in [0, 0.1) is 0 Å². The molecule has 7 heteroatoms. The van der Waals surface area contributed by atoms with Crippen molar-refractivity contribution in [3.05, 3.63) is 29.6 Å². The summed E-state index contributed by atoms with van der Waals surface area (Å²) in [5.41, 5.74) is -0.170. The van der Waals surface area contributed by atoms with Crippen LogP contribution in [0.3, 0.4) is 0 Å². The lowest BCUT2D eigenvalue weighted by molar-refractivity contribution is -0.137. The van der Waals surface area contributed by atoms with Gasteiger partial charge in [0, 0.05) is 6.54 Å². The number of rotatable bonds is 3. The van der Waals surface area contributed by atoms with Crippen molar-refractivity contribution in [2.75, 3.05) is 6.61 Å². The molecular weight excluding hydrogens is 249 g/mol. The quantitative estimate of drug-likeness (QED) is 0.880. The van der Waals surface area contributed by atoms with Crippen LogP contribution in [0.15, 0.2) is 18.2 Å². The molecule has 1 aromatic carbocycles. The number of hydrogen-bond donors (Lipinski definition) is 2. The van der Waals surface area contributed by atoms with Crippen LogP contribution < -0.4 is 0 Å². The number of halogens is 3. The van der Waals surface area contributed by atoms with Crippen LogP contribution in [0.5, 0.6) is 0 Å². The zero-order valence-electron chi connectivity index (χ0n) is 9.28. The van der Waals surface area contributed by atoms with E-state index in [9.17, 15) is 13.2 Å². The Bertz CT molecular complexity index is 563. The third kappa shape index (κ3) is 2.19. The minimum atomic E-state index is -4.42. The maximum absolute atomic E-state index is 12.5. The van der Waals surface area contributed by atoms with Gasteiger partial charge in [-0.15, -0.1) is 0 Å². The first-order valence-corrected chi connectivity index (χ1v) is 5.25. The SMILES string of the molecule is OCCn1c(CO)nc2cc(C(F)(F)F)ccc21. The van der Waals surface area contributed by atoms with Crippen molar-refractivity contribution >= 4 is 11.0 Å². The third-order valence-electron chi connectivity index (χ3n) is 2.62. The van der Waals surface area contributed by atoms with E-state index >= 15 is 0 Å². The van der Waals surface area contributed by atoms with Gasteiger partial charge in [-0.3, -0.25) is 0 Å². The summed E-state index contributed by atoms with van der Waals surface area (Å²) >= 11 is 0. The molecular formula is C11H11F3N2O2. The number of benzene rings is 1. The molecule has 0 saturated heterocycles. The van der Waals surface area contributed by atoms with Gasteiger partial charge in [0.25, 0.3) is 0 Å². The standard InChI is InChI=1S/C11H11F3N2O2/c12-11(13,14)7-1-2-9-8(5-7)15-10(6-18)16(9)3-4-17/h1-2,5,17-18H,3-4,6H2. The summed E-state index contributed by atoms with van der Waals surface area (Å²) < 4.78 is 39.1. The number of aliphatic hydroxyl groups excluding tert-OH is 2. The van der Waals surface area contributed by atoms with Gasteiger partial charge in [-0.1, -0.05) is 0 Å². The lowest BCUT2D eigenvalue weighted by Crippen LogP contribution is -2.07. The van der Waals surface area contributed by atoms with Crippen LogP contribution in [-0.2, 0) is 19.3 Å². The first-order chi connectivity index (χ1) is 8.47. The summed E-state index contributed by atoms with van der Waals surface area (Å²) in [6.45, 7) is -0.396. The lowest BCUT2D eigenvalue weighted by atomic mass is 10.2. The van der Waals surface area contributed by atoms with Crippen LogP contribution in [0.1, 0.15) is 11.4 Å². The van der Waals surface area contributed by atoms with Gasteiger partial charge in [-0.2, -0.15) is 13.2 Å². The van der Waals surface area contributed by atoms with Crippen LogP contribution in [-0.4, -0.2) is 26.4 Å². The molecule has 0 spiro atoms. The maximum atomic E-state index is 12.5. The molecule has 1 aromatic heterocycles. The number of alkyl halides is 3. The fraction of sp³-hybridized carbons (Fsp3) is 0.364. The van der Waals surface area contributed by atoms with E-state index in [1.165, 1.54) is 10.6 Å². The molecule has 2 N–H and O–H groups in total. The smallest absolute Gasteiger partial charge is 0.395 e. The van der Waals surface area contributed by atoms with Crippen LogP contribution in [0.25, 0.3) is 11.0 Å². The molecule has 0 bridgehead atoms. The number of nitrogens with zero attached hydrogens (tertiary/aromatic N) is 2. The average Bonchev–Trinajstić information content (AvgIpc) is 2.66. The molecule has 2 aromatic rings. The van der Waals surface area contributed by atoms with E-state index < -0.39 is 18.3 Å². The van der Waals surface area contributed by atoms with Gasteiger partial charge >= 0.3 is 6.18 Å². The monoisotopic (exact) mass is 260 g/mol. The van der Waals surface area contributed by atoms with Crippen molar-refractivity contribution in [2.24, 2.45) is 0 Å². The molecule has 2 rings (SSSR count). The van der Waals surface area contributed by atoms with Crippen molar-refractivity contribution in [1.29, 1.82) is 0 Å². The van der Waals surface area contributed by atoms with Gasteiger partial charge in [-0.25, -0.2) is 4.98 Å².